The highest BCUT2D eigenvalue weighted by molar-refractivity contribution is 6.42. The number of anilines is 2. The van der Waals surface area contributed by atoms with Gasteiger partial charge in [-0.25, -0.2) is 0 Å². The van der Waals surface area contributed by atoms with Crippen LogP contribution in [0.2, 0.25) is 0 Å². The van der Waals surface area contributed by atoms with Crippen molar-refractivity contribution in [3.8, 4) is 0 Å². The highest BCUT2D eigenvalue weighted by Gasteiger charge is 2.19. The molecule has 24 heavy (non-hydrogen) atoms. The third-order valence-electron chi connectivity index (χ3n) is 3.47. The number of carbonyl (C=O) groups is 3. The maximum Gasteiger partial charge on any atom is 0.316 e. The van der Waals surface area contributed by atoms with Crippen molar-refractivity contribution in [1.29, 1.82) is 0 Å². The molecule has 0 saturated carbocycles. The van der Waals surface area contributed by atoms with Gasteiger partial charge in [-0.3, -0.25) is 19.7 Å². The highest BCUT2D eigenvalue weighted by atomic mass is 16.2. The van der Waals surface area contributed by atoms with Crippen molar-refractivity contribution in [3.63, 3.8) is 0 Å². The molecule has 6 heteroatoms. The Labute approximate surface area is 140 Å². The lowest BCUT2D eigenvalue weighted by Crippen LogP contribution is -2.39. The van der Waals surface area contributed by atoms with Crippen molar-refractivity contribution < 1.29 is 14.4 Å². The minimum Gasteiger partial charge on any atom is -0.398 e. The van der Waals surface area contributed by atoms with Crippen LogP contribution in [0.5, 0.6) is 0 Å². The van der Waals surface area contributed by atoms with Gasteiger partial charge in [-0.1, -0.05) is 38.1 Å². The second-order valence-corrected chi connectivity index (χ2v) is 5.60. The summed E-state index contributed by atoms with van der Waals surface area (Å²) in [6.07, 6.45) is 0. The molecule has 0 aliphatic rings. The molecule has 0 aromatic heterocycles. The third kappa shape index (κ3) is 4.19. The van der Waals surface area contributed by atoms with Gasteiger partial charge in [0.15, 0.2) is 0 Å². The van der Waals surface area contributed by atoms with E-state index in [4.69, 9.17) is 5.73 Å². The average Bonchev–Trinajstić information content (AvgIpc) is 2.55. The first-order chi connectivity index (χ1) is 11.4. The Kier molecular flexibility index (Phi) is 5.31. The van der Waals surface area contributed by atoms with Crippen molar-refractivity contribution in [2.45, 2.75) is 19.8 Å². The van der Waals surface area contributed by atoms with Crippen LogP contribution in [0.3, 0.4) is 0 Å². The van der Waals surface area contributed by atoms with Gasteiger partial charge in [0.25, 0.3) is 5.91 Å². The molecular formula is C18H19N3O3. The number of carbonyl (C=O) groups excluding carboxylic acids is 3. The molecule has 0 spiro atoms. The maximum absolute atomic E-state index is 12.0. The van der Waals surface area contributed by atoms with Gasteiger partial charge in [0.2, 0.25) is 0 Å². The van der Waals surface area contributed by atoms with Crippen molar-refractivity contribution >= 4 is 29.1 Å². The van der Waals surface area contributed by atoms with Crippen LogP contribution >= 0.6 is 0 Å². The molecule has 124 valence electrons. The summed E-state index contributed by atoms with van der Waals surface area (Å²) in [5.41, 5.74) is 7.63. The van der Waals surface area contributed by atoms with Gasteiger partial charge in [-0.15, -0.1) is 0 Å². The van der Waals surface area contributed by atoms with E-state index in [1.165, 1.54) is 12.1 Å². The van der Waals surface area contributed by atoms with E-state index in [1.807, 2.05) is 17.4 Å². The number of nitrogens with one attached hydrogen (secondary N) is 2. The molecule has 0 heterocycles. The lowest BCUT2D eigenvalue weighted by atomic mass is 10.0. The molecule has 0 aliphatic carbocycles. The standard InChI is InChI=1S/C18H19N3O3/c1-11(2)12-7-9-13(10-8-12)20-17(23)18(24)21-16(22)14-5-3-4-6-15(14)19/h3-11H,19H2,1-2H3,(H,20,23)(H,21,22,24). The zero-order valence-corrected chi connectivity index (χ0v) is 13.5. The van der Waals surface area contributed by atoms with Gasteiger partial charge < -0.3 is 11.1 Å². The molecule has 0 aliphatic heterocycles. The minimum absolute atomic E-state index is 0.139. The number of hydrogen-bond acceptors (Lipinski definition) is 4. The van der Waals surface area contributed by atoms with Gasteiger partial charge >= 0.3 is 11.8 Å². The lowest BCUT2D eigenvalue weighted by molar-refractivity contribution is -0.135. The van der Waals surface area contributed by atoms with Crippen LogP contribution < -0.4 is 16.4 Å². The number of para-hydroxylation sites is 1. The van der Waals surface area contributed by atoms with Gasteiger partial charge in [-0.05, 0) is 35.7 Å². The van der Waals surface area contributed by atoms with E-state index in [-0.39, 0.29) is 11.3 Å². The third-order valence-corrected chi connectivity index (χ3v) is 3.47. The summed E-state index contributed by atoms with van der Waals surface area (Å²) in [7, 11) is 0. The molecule has 0 saturated heterocycles. The number of amides is 3. The van der Waals surface area contributed by atoms with E-state index in [0.29, 0.717) is 11.6 Å². The van der Waals surface area contributed by atoms with Crippen molar-refractivity contribution in [2.24, 2.45) is 0 Å². The summed E-state index contributed by atoms with van der Waals surface area (Å²) in [4.78, 5) is 35.7. The number of imide groups is 1. The first-order valence-corrected chi connectivity index (χ1v) is 7.49. The number of hydrogen-bond donors (Lipinski definition) is 3. The molecule has 6 nitrogen and oxygen atoms in total. The van der Waals surface area contributed by atoms with E-state index in [1.54, 1.807) is 24.3 Å². The molecule has 0 unspecified atom stereocenters. The number of nitrogen functional groups attached to an aromatic ring is 1. The predicted octanol–water partition coefficient (Wildman–Crippen LogP) is 2.29. The fourth-order valence-corrected chi connectivity index (χ4v) is 2.07. The first-order valence-electron chi connectivity index (χ1n) is 7.49. The van der Waals surface area contributed by atoms with E-state index >= 15 is 0 Å². The van der Waals surface area contributed by atoms with Crippen LogP contribution in [0.15, 0.2) is 48.5 Å². The fourth-order valence-electron chi connectivity index (χ4n) is 2.07. The number of benzene rings is 2. The first kappa shape index (κ1) is 17.2. The second kappa shape index (κ2) is 7.41. The Hall–Kier alpha value is -3.15. The van der Waals surface area contributed by atoms with E-state index in [2.05, 4.69) is 19.2 Å². The second-order valence-electron chi connectivity index (χ2n) is 5.60. The molecule has 2 aromatic rings. The Morgan fingerprint density at radius 2 is 1.54 bits per heavy atom. The predicted molar refractivity (Wildman–Crippen MR) is 92.5 cm³/mol. The molecule has 0 atom stereocenters. The average molecular weight is 325 g/mol. The van der Waals surface area contributed by atoms with Crippen LogP contribution in [0.1, 0.15) is 35.7 Å². The Balaban J connectivity index is 1.98. The molecular weight excluding hydrogens is 306 g/mol. The van der Waals surface area contributed by atoms with Gasteiger partial charge in [0.1, 0.15) is 0 Å². The quantitative estimate of drug-likeness (QED) is 0.595. The van der Waals surface area contributed by atoms with Crippen LogP contribution in [0, 0.1) is 0 Å². The molecule has 2 rings (SSSR count). The van der Waals surface area contributed by atoms with Crippen LogP contribution in [-0.4, -0.2) is 17.7 Å². The molecule has 2 aromatic carbocycles. The van der Waals surface area contributed by atoms with E-state index < -0.39 is 17.7 Å². The Morgan fingerprint density at radius 3 is 2.12 bits per heavy atom. The molecule has 0 fully saturated rings. The number of rotatable bonds is 3. The van der Waals surface area contributed by atoms with Crippen LogP contribution in [-0.2, 0) is 9.59 Å². The van der Waals surface area contributed by atoms with Gasteiger partial charge in [0, 0.05) is 11.4 Å². The topological polar surface area (TPSA) is 101 Å². The fraction of sp³-hybridized carbons (Fsp3) is 0.167. The SMILES string of the molecule is CC(C)c1ccc(NC(=O)C(=O)NC(=O)c2ccccc2N)cc1. The summed E-state index contributed by atoms with van der Waals surface area (Å²) in [6, 6.07) is 13.4. The van der Waals surface area contributed by atoms with Gasteiger partial charge in [0.05, 0.1) is 5.56 Å². The van der Waals surface area contributed by atoms with Crippen LogP contribution in [0.4, 0.5) is 11.4 Å². The smallest absolute Gasteiger partial charge is 0.316 e. The summed E-state index contributed by atoms with van der Waals surface area (Å²) >= 11 is 0. The highest BCUT2D eigenvalue weighted by Crippen LogP contribution is 2.17. The monoisotopic (exact) mass is 325 g/mol. The number of nitrogens with two attached hydrogens (primary N) is 1. The lowest BCUT2D eigenvalue weighted by Gasteiger charge is -2.09. The maximum atomic E-state index is 12.0. The summed E-state index contributed by atoms with van der Waals surface area (Å²) in [5.74, 6) is -2.32. The Bertz CT molecular complexity index is 767. The van der Waals surface area contributed by atoms with E-state index in [9.17, 15) is 14.4 Å². The van der Waals surface area contributed by atoms with Crippen molar-refractivity contribution in [3.05, 3.63) is 59.7 Å². The summed E-state index contributed by atoms with van der Waals surface area (Å²) in [5, 5.41) is 4.46. The Morgan fingerprint density at radius 1 is 0.917 bits per heavy atom. The van der Waals surface area contributed by atoms with Gasteiger partial charge in [-0.2, -0.15) is 0 Å². The zero-order valence-electron chi connectivity index (χ0n) is 13.5. The molecule has 0 bridgehead atoms. The largest absolute Gasteiger partial charge is 0.398 e. The van der Waals surface area contributed by atoms with Crippen LogP contribution in [0.25, 0.3) is 0 Å². The molecule has 0 radical (unpaired) electrons. The molecule has 3 amide bonds. The van der Waals surface area contributed by atoms with Crippen molar-refractivity contribution in [2.75, 3.05) is 11.1 Å². The summed E-state index contributed by atoms with van der Waals surface area (Å²) < 4.78 is 0. The minimum atomic E-state index is -1.05. The molecule has 4 N–H and O–H groups in total. The zero-order chi connectivity index (χ0) is 17.7. The van der Waals surface area contributed by atoms with Crippen molar-refractivity contribution in [1.82, 2.24) is 5.32 Å². The summed E-state index contributed by atoms with van der Waals surface area (Å²) in [6.45, 7) is 4.11. The van der Waals surface area contributed by atoms with E-state index in [0.717, 1.165) is 5.56 Å². The normalized spacial score (nSPS) is 10.3.